The minimum absolute atomic E-state index is 0.0459. The second-order valence-corrected chi connectivity index (χ2v) is 8.11. The van der Waals surface area contributed by atoms with Gasteiger partial charge < -0.3 is 5.32 Å². The number of hydrogen-bond acceptors (Lipinski definition) is 4. The molecule has 0 bridgehead atoms. The number of anilines is 1. The minimum atomic E-state index is -3.67. The number of piperidine rings is 1. The lowest BCUT2D eigenvalue weighted by Crippen LogP contribution is -2.47. The van der Waals surface area contributed by atoms with Gasteiger partial charge in [-0.05, 0) is 69.5 Å². The Morgan fingerprint density at radius 2 is 1.80 bits per heavy atom. The third-order valence-electron chi connectivity index (χ3n) is 3.92. The van der Waals surface area contributed by atoms with Crippen LogP contribution in [0.15, 0.2) is 18.2 Å². The van der Waals surface area contributed by atoms with Gasteiger partial charge in [0.25, 0.3) is 10.1 Å². The van der Waals surface area contributed by atoms with Gasteiger partial charge in [0.05, 0.1) is 12.3 Å². The van der Waals surface area contributed by atoms with Crippen LogP contribution in [-0.4, -0.2) is 49.2 Å². The predicted molar refractivity (Wildman–Crippen MR) is 102 cm³/mol. The van der Waals surface area contributed by atoms with Crippen molar-refractivity contribution in [1.82, 2.24) is 4.90 Å². The monoisotopic (exact) mass is 370 g/mol. The normalized spacial score (nSPS) is 18.2. The number of hydrogen-bond donors (Lipinski definition) is 2. The fourth-order valence-electron chi connectivity index (χ4n) is 3.12. The third-order valence-corrected chi connectivity index (χ3v) is 3.92. The van der Waals surface area contributed by atoms with Crippen molar-refractivity contribution in [3.63, 3.8) is 0 Å². The van der Waals surface area contributed by atoms with Crippen LogP contribution in [0.1, 0.15) is 43.7 Å². The molecule has 1 heterocycles. The summed E-state index contributed by atoms with van der Waals surface area (Å²) >= 11 is 0. The molecule has 1 aromatic rings. The molecular formula is C18H30N2O4S. The Morgan fingerprint density at radius 3 is 2.32 bits per heavy atom. The number of nitrogens with zero attached hydrogens (tertiary/aromatic N) is 1. The number of aryl methyl sites for hydroxylation is 2. The molecule has 1 aliphatic rings. The molecule has 0 radical (unpaired) electrons. The molecule has 1 aromatic carbocycles. The smallest absolute Gasteiger partial charge is 0.261 e. The zero-order valence-corrected chi connectivity index (χ0v) is 16.4. The lowest BCUT2D eigenvalue weighted by molar-refractivity contribution is -0.122. The van der Waals surface area contributed by atoms with Crippen molar-refractivity contribution in [2.75, 3.05) is 24.7 Å². The summed E-state index contributed by atoms with van der Waals surface area (Å²) in [4.78, 5) is 14.9. The van der Waals surface area contributed by atoms with E-state index in [1.165, 1.54) is 17.5 Å². The largest absolute Gasteiger partial charge is 0.325 e. The minimum Gasteiger partial charge on any atom is -0.325 e. The van der Waals surface area contributed by atoms with Crippen molar-refractivity contribution in [2.24, 2.45) is 0 Å². The molecule has 1 unspecified atom stereocenters. The summed E-state index contributed by atoms with van der Waals surface area (Å²) in [5, 5.41) is 3.10. The summed E-state index contributed by atoms with van der Waals surface area (Å²) in [6.45, 7) is 8.37. The molecule has 1 saturated heterocycles. The van der Waals surface area contributed by atoms with Gasteiger partial charge in [0, 0.05) is 5.69 Å². The Hall–Kier alpha value is -1.44. The summed E-state index contributed by atoms with van der Waals surface area (Å²) in [5.41, 5.74) is 3.30. The molecule has 0 aliphatic carbocycles. The maximum Gasteiger partial charge on any atom is 0.261 e. The Labute approximate surface area is 151 Å². The fraction of sp³-hybridized carbons (Fsp3) is 0.611. The predicted octanol–water partition coefficient (Wildman–Crippen LogP) is 3.01. The summed E-state index contributed by atoms with van der Waals surface area (Å²) < 4.78 is 25.9. The van der Waals surface area contributed by atoms with Gasteiger partial charge in [-0.1, -0.05) is 19.4 Å². The van der Waals surface area contributed by atoms with Crippen LogP contribution < -0.4 is 5.32 Å². The van der Waals surface area contributed by atoms with Crippen LogP contribution in [0.2, 0.25) is 0 Å². The lowest BCUT2D eigenvalue weighted by Gasteiger charge is -2.34. The van der Waals surface area contributed by atoms with E-state index in [1.807, 2.05) is 12.1 Å². The summed E-state index contributed by atoms with van der Waals surface area (Å²) in [6.07, 6.45) is 5.18. The Balaban J connectivity index is 0.000000550. The van der Waals surface area contributed by atoms with E-state index in [9.17, 15) is 13.2 Å². The molecule has 7 heteroatoms. The van der Waals surface area contributed by atoms with E-state index in [0.29, 0.717) is 6.26 Å². The highest BCUT2D eigenvalue weighted by atomic mass is 32.2. The molecular weight excluding hydrogens is 340 g/mol. The van der Waals surface area contributed by atoms with Crippen molar-refractivity contribution in [3.05, 3.63) is 29.3 Å². The van der Waals surface area contributed by atoms with E-state index in [2.05, 4.69) is 37.1 Å². The average Bonchev–Trinajstić information content (AvgIpc) is 2.45. The molecule has 2 rings (SSSR count). The zero-order chi connectivity index (χ0) is 19.0. The van der Waals surface area contributed by atoms with E-state index >= 15 is 0 Å². The Bertz CT molecular complexity index is 643. The van der Waals surface area contributed by atoms with Crippen molar-refractivity contribution in [3.8, 4) is 0 Å². The van der Waals surface area contributed by atoms with Crippen LogP contribution in [0.4, 0.5) is 5.69 Å². The number of benzene rings is 1. The number of rotatable bonds is 4. The molecule has 142 valence electrons. The molecule has 0 aromatic heterocycles. The molecule has 1 fully saturated rings. The molecule has 1 aliphatic heterocycles. The van der Waals surface area contributed by atoms with Crippen LogP contribution in [0.25, 0.3) is 0 Å². The quantitative estimate of drug-likeness (QED) is 0.796. The molecule has 0 spiro atoms. The number of carbonyl (C=O) groups is 1. The zero-order valence-electron chi connectivity index (χ0n) is 15.6. The van der Waals surface area contributed by atoms with Crippen LogP contribution in [-0.2, 0) is 14.9 Å². The lowest BCUT2D eigenvalue weighted by atomic mass is 10.0. The average molecular weight is 371 g/mol. The third kappa shape index (κ3) is 9.00. The van der Waals surface area contributed by atoms with Gasteiger partial charge in [-0.15, -0.1) is 0 Å². The van der Waals surface area contributed by atoms with Crippen LogP contribution in [0.3, 0.4) is 0 Å². The number of likely N-dealkylation sites (tertiary alicyclic amines) is 1. The Morgan fingerprint density at radius 1 is 1.24 bits per heavy atom. The number of carbonyl (C=O) groups excluding carboxylic acids is 1. The van der Waals surface area contributed by atoms with Gasteiger partial charge in [-0.25, -0.2) is 0 Å². The summed E-state index contributed by atoms with van der Waals surface area (Å²) in [6, 6.07) is 6.25. The highest BCUT2D eigenvalue weighted by Crippen LogP contribution is 2.20. The van der Waals surface area contributed by atoms with Gasteiger partial charge in [0.15, 0.2) is 0 Å². The van der Waals surface area contributed by atoms with E-state index in [4.69, 9.17) is 4.55 Å². The molecule has 1 amide bonds. The van der Waals surface area contributed by atoms with Gasteiger partial charge in [0.1, 0.15) is 0 Å². The molecule has 6 nitrogen and oxygen atoms in total. The first-order chi connectivity index (χ1) is 11.6. The van der Waals surface area contributed by atoms with Crippen molar-refractivity contribution >= 4 is 21.7 Å². The SMILES string of the molecule is CCCN1CCCCC1C(=O)Nc1cc(C)cc(C)c1.CS(=O)(=O)O. The summed E-state index contributed by atoms with van der Waals surface area (Å²) in [7, 11) is -3.67. The van der Waals surface area contributed by atoms with E-state index < -0.39 is 10.1 Å². The van der Waals surface area contributed by atoms with E-state index in [0.717, 1.165) is 38.0 Å². The van der Waals surface area contributed by atoms with E-state index in [-0.39, 0.29) is 11.9 Å². The second-order valence-electron chi connectivity index (χ2n) is 6.65. The topological polar surface area (TPSA) is 86.7 Å². The van der Waals surface area contributed by atoms with Gasteiger partial charge in [-0.2, -0.15) is 8.42 Å². The van der Waals surface area contributed by atoms with Gasteiger partial charge in [-0.3, -0.25) is 14.2 Å². The van der Waals surface area contributed by atoms with Crippen LogP contribution in [0.5, 0.6) is 0 Å². The molecule has 0 saturated carbocycles. The number of nitrogens with one attached hydrogen (secondary N) is 1. The number of amides is 1. The standard InChI is InChI=1S/C17H26N2O.CH4O3S/c1-4-8-19-9-6-5-7-16(19)17(20)18-15-11-13(2)10-14(3)12-15;1-5(2,3)4/h10-12,16H,4-9H2,1-3H3,(H,18,20);1H3,(H,2,3,4). The van der Waals surface area contributed by atoms with Crippen molar-refractivity contribution in [2.45, 2.75) is 52.5 Å². The maximum absolute atomic E-state index is 12.5. The first kappa shape index (κ1) is 21.6. The highest BCUT2D eigenvalue weighted by molar-refractivity contribution is 7.85. The molecule has 1 atom stereocenters. The Kier molecular flexibility index (Phi) is 8.55. The first-order valence-electron chi connectivity index (χ1n) is 8.66. The van der Waals surface area contributed by atoms with Crippen molar-refractivity contribution < 1.29 is 17.8 Å². The van der Waals surface area contributed by atoms with Crippen LogP contribution in [0, 0.1) is 13.8 Å². The highest BCUT2D eigenvalue weighted by Gasteiger charge is 2.27. The van der Waals surface area contributed by atoms with Gasteiger partial charge >= 0.3 is 0 Å². The molecule has 25 heavy (non-hydrogen) atoms. The summed E-state index contributed by atoms with van der Waals surface area (Å²) in [5.74, 6) is 0.156. The maximum atomic E-state index is 12.5. The first-order valence-corrected chi connectivity index (χ1v) is 10.5. The van der Waals surface area contributed by atoms with E-state index in [1.54, 1.807) is 0 Å². The fourth-order valence-corrected chi connectivity index (χ4v) is 3.12. The van der Waals surface area contributed by atoms with Gasteiger partial charge in [0.2, 0.25) is 5.91 Å². The second kappa shape index (κ2) is 9.89. The van der Waals surface area contributed by atoms with Crippen LogP contribution >= 0.6 is 0 Å². The van der Waals surface area contributed by atoms with Crippen molar-refractivity contribution in [1.29, 1.82) is 0 Å². The molecule has 2 N–H and O–H groups in total.